The number of rotatable bonds is 6. The quantitative estimate of drug-likeness (QED) is 0.588. The first-order chi connectivity index (χ1) is 11.6. The number of nitrogens with zero attached hydrogens (tertiary/aromatic N) is 3. The van der Waals surface area contributed by atoms with E-state index in [0.717, 1.165) is 43.2 Å². The molecule has 1 aromatic rings. The van der Waals surface area contributed by atoms with E-state index in [1.165, 1.54) is 12.5 Å². The van der Waals surface area contributed by atoms with Crippen LogP contribution in [-0.2, 0) is 6.54 Å². The second-order valence-corrected chi connectivity index (χ2v) is 7.14. The monoisotopic (exact) mass is 398 g/mol. The lowest BCUT2D eigenvalue weighted by Gasteiger charge is -2.24. The standard InChI is InChI=1S/C18H28BrFN4/c1-4-23(5-2)12-14-8-9-24(13-14)18(21-3)22-11-15-6-7-16(19)10-17(15)20/h6-7,10,14H,4-5,8-9,11-13H2,1-3H3,(H,21,22). The van der Waals surface area contributed by atoms with E-state index >= 15 is 0 Å². The number of likely N-dealkylation sites (tertiary alicyclic amines) is 1. The normalized spacial score (nSPS) is 18.5. The first kappa shape index (κ1) is 19.2. The van der Waals surface area contributed by atoms with Crippen LogP contribution < -0.4 is 5.32 Å². The molecule has 0 aliphatic carbocycles. The van der Waals surface area contributed by atoms with Crippen molar-refractivity contribution in [3.63, 3.8) is 0 Å². The van der Waals surface area contributed by atoms with E-state index in [4.69, 9.17) is 0 Å². The van der Waals surface area contributed by atoms with Gasteiger partial charge < -0.3 is 15.1 Å². The molecule has 0 radical (unpaired) electrons. The number of nitrogens with one attached hydrogen (secondary N) is 1. The Morgan fingerprint density at radius 1 is 1.42 bits per heavy atom. The van der Waals surface area contributed by atoms with Gasteiger partial charge in [-0.15, -0.1) is 0 Å². The summed E-state index contributed by atoms with van der Waals surface area (Å²) in [5, 5.41) is 3.30. The van der Waals surface area contributed by atoms with Crippen LogP contribution >= 0.6 is 15.9 Å². The zero-order valence-corrected chi connectivity index (χ0v) is 16.4. The first-order valence-electron chi connectivity index (χ1n) is 8.69. The second kappa shape index (κ2) is 9.37. The van der Waals surface area contributed by atoms with E-state index in [1.807, 2.05) is 6.07 Å². The molecule has 1 aliphatic heterocycles. The van der Waals surface area contributed by atoms with Gasteiger partial charge in [0.15, 0.2) is 5.96 Å². The lowest BCUT2D eigenvalue weighted by Crippen LogP contribution is -2.40. The molecular formula is C18H28BrFN4. The Morgan fingerprint density at radius 3 is 2.79 bits per heavy atom. The van der Waals surface area contributed by atoms with Crippen LogP contribution in [-0.4, -0.2) is 55.5 Å². The maximum atomic E-state index is 13.9. The predicted octanol–water partition coefficient (Wildman–Crippen LogP) is 3.33. The first-order valence-corrected chi connectivity index (χ1v) is 9.48. The Kier molecular flexibility index (Phi) is 7.49. The molecule has 0 amide bonds. The number of guanidine groups is 1. The van der Waals surface area contributed by atoms with Crippen molar-refractivity contribution >= 4 is 21.9 Å². The summed E-state index contributed by atoms with van der Waals surface area (Å²) in [5.41, 5.74) is 0.651. The second-order valence-electron chi connectivity index (χ2n) is 6.22. The number of hydrogen-bond acceptors (Lipinski definition) is 2. The summed E-state index contributed by atoms with van der Waals surface area (Å²) in [5.74, 6) is 1.33. The molecule has 1 aliphatic rings. The van der Waals surface area contributed by atoms with Gasteiger partial charge in [-0.1, -0.05) is 35.8 Å². The molecule has 1 atom stereocenters. The molecule has 24 heavy (non-hydrogen) atoms. The highest BCUT2D eigenvalue weighted by molar-refractivity contribution is 9.10. The molecule has 0 bridgehead atoms. The van der Waals surface area contributed by atoms with E-state index in [9.17, 15) is 4.39 Å². The molecular weight excluding hydrogens is 371 g/mol. The summed E-state index contributed by atoms with van der Waals surface area (Å²) in [4.78, 5) is 9.13. The number of benzene rings is 1. The van der Waals surface area contributed by atoms with Crippen molar-refractivity contribution in [1.82, 2.24) is 15.1 Å². The van der Waals surface area contributed by atoms with E-state index < -0.39 is 0 Å². The Morgan fingerprint density at radius 2 is 2.17 bits per heavy atom. The number of aliphatic imine (C=N–C) groups is 1. The fraction of sp³-hybridized carbons (Fsp3) is 0.611. The van der Waals surface area contributed by atoms with Crippen molar-refractivity contribution in [3.8, 4) is 0 Å². The van der Waals surface area contributed by atoms with Crippen molar-refractivity contribution < 1.29 is 4.39 Å². The Hall–Kier alpha value is -1.14. The van der Waals surface area contributed by atoms with Crippen LogP contribution in [0.2, 0.25) is 0 Å². The van der Waals surface area contributed by atoms with E-state index in [-0.39, 0.29) is 5.82 Å². The van der Waals surface area contributed by atoms with Crippen molar-refractivity contribution in [2.45, 2.75) is 26.8 Å². The van der Waals surface area contributed by atoms with E-state index in [1.54, 1.807) is 13.1 Å². The SMILES string of the molecule is CCN(CC)CC1CCN(C(=NC)NCc2ccc(Br)cc2F)C1. The van der Waals surface area contributed by atoms with Gasteiger partial charge in [0.2, 0.25) is 0 Å². The fourth-order valence-electron chi connectivity index (χ4n) is 3.19. The van der Waals surface area contributed by atoms with Gasteiger partial charge in [0.25, 0.3) is 0 Å². The van der Waals surface area contributed by atoms with Crippen molar-refractivity contribution in [1.29, 1.82) is 0 Å². The average molecular weight is 399 g/mol. The lowest BCUT2D eigenvalue weighted by molar-refractivity contribution is 0.255. The molecule has 1 heterocycles. The number of halogens is 2. The smallest absolute Gasteiger partial charge is 0.193 e. The molecule has 1 saturated heterocycles. The van der Waals surface area contributed by atoms with E-state index in [0.29, 0.717) is 18.0 Å². The molecule has 4 nitrogen and oxygen atoms in total. The van der Waals surface area contributed by atoms with E-state index in [2.05, 4.69) is 49.9 Å². The van der Waals surface area contributed by atoms with Gasteiger partial charge in [0.05, 0.1) is 0 Å². The van der Waals surface area contributed by atoms with Gasteiger partial charge >= 0.3 is 0 Å². The van der Waals surface area contributed by atoms with Crippen LogP contribution in [0.4, 0.5) is 4.39 Å². The third kappa shape index (κ3) is 5.18. The van der Waals surface area contributed by atoms with Gasteiger partial charge in [0, 0.05) is 43.3 Å². The predicted molar refractivity (Wildman–Crippen MR) is 102 cm³/mol. The molecule has 134 valence electrons. The molecule has 1 fully saturated rings. The summed E-state index contributed by atoms with van der Waals surface area (Å²) in [6.07, 6.45) is 1.18. The molecule has 0 aromatic heterocycles. The van der Waals surface area contributed by atoms with Crippen LogP contribution in [0.1, 0.15) is 25.8 Å². The zero-order valence-electron chi connectivity index (χ0n) is 14.9. The van der Waals surface area contributed by atoms with Gasteiger partial charge in [-0.3, -0.25) is 4.99 Å². The summed E-state index contributed by atoms with van der Waals surface area (Å²) in [6, 6.07) is 5.15. The minimum atomic E-state index is -0.201. The van der Waals surface area contributed by atoms with Gasteiger partial charge in [-0.2, -0.15) is 0 Å². The van der Waals surface area contributed by atoms with Gasteiger partial charge in [0.1, 0.15) is 5.82 Å². The molecule has 6 heteroatoms. The summed E-state index contributed by atoms with van der Waals surface area (Å²) < 4.78 is 14.7. The Bertz CT molecular complexity index is 560. The van der Waals surface area contributed by atoms with Crippen LogP contribution in [0.15, 0.2) is 27.7 Å². The zero-order chi connectivity index (χ0) is 17.5. The van der Waals surface area contributed by atoms with Gasteiger partial charge in [-0.25, -0.2) is 4.39 Å². The minimum absolute atomic E-state index is 0.201. The Labute approximate surface area is 153 Å². The van der Waals surface area contributed by atoms with Gasteiger partial charge in [-0.05, 0) is 37.6 Å². The fourth-order valence-corrected chi connectivity index (χ4v) is 3.53. The highest BCUT2D eigenvalue weighted by Crippen LogP contribution is 2.18. The molecule has 1 unspecified atom stereocenters. The third-order valence-corrected chi connectivity index (χ3v) is 5.15. The summed E-state index contributed by atoms with van der Waals surface area (Å²) in [7, 11) is 1.79. The minimum Gasteiger partial charge on any atom is -0.352 e. The maximum absolute atomic E-state index is 13.9. The summed E-state index contributed by atoms with van der Waals surface area (Å²) >= 11 is 3.29. The van der Waals surface area contributed by atoms with Crippen molar-refractivity contribution in [2.24, 2.45) is 10.9 Å². The van der Waals surface area contributed by atoms with Crippen molar-refractivity contribution in [3.05, 3.63) is 34.1 Å². The maximum Gasteiger partial charge on any atom is 0.193 e. The molecule has 0 saturated carbocycles. The van der Waals surface area contributed by atoms with Crippen LogP contribution in [0, 0.1) is 11.7 Å². The molecule has 2 rings (SSSR count). The summed E-state index contributed by atoms with van der Waals surface area (Å²) in [6.45, 7) is 10.2. The van der Waals surface area contributed by atoms with Crippen LogP contribution in [0.25, 0.3) is 0 Å². The molecule has 1 N–H and O–H groups in total. The van der Waals surface area contributed by atoms with Crippen LogP contribution in [0.3, 0.4) is 0 Å². The molecule has 1 aromatic carbocycles. The highest BCUT2D eigenvalue weighted by Gasteiger charge is 2.25. The average Bonchev–Trinajstić information content (AvgIpc) is 3.03. The highest BCUT2D eigenvalue weighted by atomic mass is 79.9. The van der Waals surface area contributed by atoms with Crippen LogP contribution in [0.5, 0.6) is 0 Å². The largest absolute Gasteiger partial charge is 0.352 e. The molecule has 0 spiro atoms. The topological polar surface area (TPSA) is 30.9 Å². The number of hydrogen-bond donors (Lipinski definition) is 1. The lowest BCUT2D eigenvalue weighted by atomic mass is 10.1. The third-order valence-electron chi connectivity index (χ3n) is 4.66. The Balaban J connectivity index is 1.88. The van der Waals surface area contributed by atoms with Crippen molar-refractivity contribution in [2.75, 3.05) is 39.8 Å².